The van der Waals surface area contributed by atoms with Crippen molar-refractivity contribution in [2.75, 3.05) is 13.2 Å². The van der Waals surface area contributed by atoms with Crippen LogP contribution < -0.4 is 21.0 Å². The topological polar surface area (TPSA) is 120 Å². The highest BCUT2D eigenvalue weighted by atomic mass is 32.2. The van der Waals surface area contributed by atoms with Crippen molar-refractivity contribution in [2.24, 2.45) is 16.7 Å². The van der Waals surface area contributed by atoms with Crippen LogP contribution in [0.2, 0.25) is 0 Å². The number of hydrazone groups is 1. The molecule has 8 heteroatoms. The fraction of sp³-hybridized carbons (Fsp3) is 0.417. The van der Waals surface area contributed by atoms with Gasteiger partial charge in [-0.3, -0.25) is 0 Å². The molecule has 1 aromatic carbocycles. The van der Waals surface area contributed by atoms with Gasteiger partial charge in [0.05, 0.1) is 17.1 Å². The van der Waals surface area contributed by atoms with E-state index in [0.29, 0.717) is 30.9 Å². The van der Waals surface area contributed by atoms with E-state index in [0.717, 1.165) is 0 Å². The van der Waals surface area contributed by atoms with Crippen LogP contribution in [0.3, 0.4) is 0 Å². The van der Waals surface area contributed by atoms with E-state index in [1.807, 2.05) is 13.8 Å². The zero-order valence-corrected chi connectivity index (χ0v) is 12.4. The number of nitrogens with two attached hydrogens (primary N) is 2. The highest BCUT2D eigenvalue weighted by Gasteiger charge is 2.17. The van der Waals surface area contributed by atoms with Gasteiger partial charge in [0, 0.05) is 6.54 Å². The zero-order chi connectivity index (χ0) is 15.2. The van der Waals surface area contributed by atoms with Crippen molar-refractivity contribution in [2.45, 2.75) is 25.2 Å². The van der Waals surface area contributed by atoms with Crippen LogP contribution in [0.4, 0.5) is 0 Å². The van der Waals surface area contributed by atoms with Gasteiger partial charge in [-0.1, -0.05) is 6.92 Å². The molecule has 0 spiro atoms. The van der Waals surface area contributed by atoms with Crippen LogP contribution in [0.15, 0.2) is 28.2 Å². The predicted molar refractivity (Wildman–Crippen MR) is 78.0 cm³/mol. The summed E-state index contributed by atoms with van der Waals surface area (Å²) in [5.74, 6) is 5.60. The number of amidine groups is 1. The Labute approximate surface area is 119 Å². The molecule has 1 rings (SSSR count). The Morgan fingerprint density at radius 1 is 1.40 bits per heavy atom. The van der Waals surface area contributed by atoms with Crippen LogP contribution >= 0.6 is 0 Å². The minimum absolute atomic E-state index is 0.0148. The minimum atomic E-state index is -3.58. The van der Waals surface area contributed by atoms with Gasteiger partial charge in [0.1, 0.15) is 5.75 Å². The van der Waals surface area contributed by atoms with Gasteiger partial charge in [-0.25, -0.2) is 13.1 Å². The quantitative estimate of drug-likeness (QED) is 0.290. The zero-order valence-electron chi connectivity index (χ0n) is 11.6. The Morgan fingerprint density at radius 3 is 2.65 bits per heavy atom. The molecular weight excluding hydrogens is 280 g/mol. The second kappa shape index (κ2) is 7.11. The first-order valence-corrected chi connectivity index (χ1v) is 7.74. The Bertz CT molecular complexity index is 584. The molecule has 0 heterocycles. The van der Waals surface area contributed by atoms with Crippen molar-refractivity contribution < 1.29 is 13.2 Å². The van der Waals surface area contributed by atoms with Gasteiger partial charge in [-0.05, 0) is 31.5 Å². The maximum Gasteiger partial charge on any atom is 0.240 e. The van der Waals surface area contributed by atoms with E-state index in [1.165, 1.54) is 18.2 Å². The summed E-state index contributed by atoms with van der Waals surface area (Å²) in [5.41, 5.74) is 6.02. The Kier molecular flexibility index (Phi) is 5.78. The molecule has 0 bridgehead atoms. The molecule has 5 N–H and O–H groups in total. The molecular formula is C12H20N4O3S. The van der Waals surface area contributed by atoms with Gasteiger partial charge in [0.15, 0.2) is 5.84 Å². The van der Waals surface area contributed by atoms with Crippen LogP contribution in [0.25, 0.3) is 0 Å². The van der Waals surface area contributed by atoms with E-state index in [2.05, 4.69) is 9.82 Å². The van der Waals surface area contributed by atoms with Gasteiger partial charge in [-0.2, -0.15) is 5.10 Å². The molecule has 1 aromatic rings. The summed E-state index contributed by atoms with van der Waals surface area (Å²) >= 11 is 0. The third-order valence-electron chi connectivity index (χ3n) is 2.52. The van der Waals surface area contributed by atoms with Gasteiger partial charge in [-0.15, -0.1) is 0 Å². The molecule has 0 saturated heterocycles. The first kappa shape index (κ1) is 16.3. The third-order valence-corrected chi connectivity index (χ3v) is 3.98. The molecule has 0 aromatic heterocycles. The molecule has 0 saturated carbocycles. The van der Waals surface area contributed by atoms with Crippen molar-refractivity contribution >= 4 is 15.9 Å². The van der Waals surface area contributed by atoms with Crippen molar-refractivity contribution in [3.8, 4) is 5.75 Å². The molecule has 0 aliphatic heterocycles. The number of sulfonamides is 1. The summed E-state index contributed by atoms with van der Waals surface area (Å²) in [6, 6.07) is 4.39. The normalized spacial score (nSPS) is 12.4. The van der Waals surface area contributed by atoms with Crippen molar-refractivity contribution in [3.05, 3.63) is 23.8 Å². The van der Waals surface area contributed by atoms with Crippen LogP contribution in [-0.2, 0) is 10.0 Å². The van der Waals surface area contributed by atoms with E-state index in [-0.39, 0.29) is 10.7 Å². The number of nitrogens with zero attached hydrogens (tertiary/aromatic N) is 1. The fourth-order valence-corrected chi connectivity index (χ4v) is 2.71. The Balaban J connectivity index is 3.25. The van der Waals surface area contributed by atoms with E-state index < -0.39 is 10.0 Å². The summed E-state index contributed by atoms with van der Waals surface area (Å²) in [4.78, 5) is 0.0935. The van der Waals surface area contributed by atoms with Crippen molar-refractivity contribution in [1.82, 2.24) is 4.72 Å². The monoisotopic (exact) mass is 300 g/mol. The second-order valence-electron chi connectivity index (χ2n) is 4.00. The summed E-state index contributed by atoms with van der Waals surface area (Å²) in [6.45, 7) is 4.48. The summed E-state index contributed by atoms with van der Waals surface area (Å²) < 4.78 is 32.0. The van der Waals surface area contributed by atoms with Crippen molar-refractivity contribution in [3.63, 3.8) is 0 Å². The minimum Gasteiger partial charge on any atom is -0.493 e. The summed E-state index contributed by atoms with van der Waals surface area (Å²) in [6.07, 6.45) is 0.704. The van der Waals surface area contributed by atoms with Crippen molar-refractivity contribution in [1.29, 1.82) is 0 Å². The Morgan fingerprint density at radius 2 is 2.10 bits per heavy atom. The van der Waals surface area contributed by atoms with Gasteiger partial charge in [0.25, 0.3) is 0 Å². The number of rotatable bonds is 7. The summed E-state index contributed by atoms with van der Waals surface area (Å²) in [5, 5.41) is 3.39. The molecule has 0 aliphatic rings. The molecule has 0 unspecified atom stereocenters. The molecule has 0 radical (unpaired) electrons. The lowest BCUT2D eigenvalue weighted by Crippen LogP contribution is -2.25. The molecule has 0 aliphatic carbocycles. The maximum atomic E-state index is 12.1. The van der Waals surface area contributed by atoms with E-state index in [1.54, 1.807) is 0 Å². The van der Waals surface area contributed by atoms with Crippen LogP contribution in [0.1, 0.15) is 25.8 Å². The lowest BCUT2D eigenvalue weighted by atomic mass is 10.2. The Hall–Kier alpha value is -1.80. The van der Waals surface area contributed by atoms with Gasteiger partial charge in [0.2, 0.25) is 10.0 Å². The number of benzene rings is 1. The van der Waals surface area contributed by atoms with Gasteiger partial charge < -0.3 is 16.3 Å². The molecule has 0 atom stereocenters. The SMILES string of the molecule is CCCNS(=O)(=O)c1ccc(OCC)c(/C(N)=N/N)c1. The lowest BCUT2D eigenvalue weighted by molar-refractivity contribution is 0.339. The number of hydrogen-bond donors (Lipinski definition) is 3. The molecule has 0 fully saturated rings. The highest BCUT2D eigenvalue weighted by Crippen LogP contribution is 2.22. The van der Waals surface area contributed by atoms with E-state index in [9.17, 15) is 8.42 Å². The third kappa shape index (κ3) is 3.84. The van der Waals surface area contributed by atoms with Crippen LogP contribution in [0, 0.1) is 0 Å². The largest absolute Gasteiger partial charge is 0.493 e. The highest BCUT2D eigenvalue weighted by molar-refractivity contribution is 7.89. The standard InChI is InChI=1S/C12H20N4O3S/c1-3-7-15-20(17,18)9-5-6-11(19-4-2)10(8-9)12(13)16-14/h5-6,8,15H,3-4,7,14H2,1-2H3,(H2,13,16). The maximum absolute atomic E-state index is 12.1. The average molecular weight is 300 g/mol. The van der Waals surface area contributed by atoms with Crippen LogP contribution in [-0.4, -0.2) is 27.4 Å². The molecule has 112 valence electrons. The number of ether oxygens (including phenoxy) is 1. The molecule has 0 amide bonds. The number of hydrogen-bond acceptors (Lipinski definition) is 5. The molecule has 7 nitrogen and oxygen atoms in total. The predicted octanol–water partition coefficient (Wildman–Crippen LogP) is 0.353. The number of nitrogens with one attached hydrogen (secondary N) is 1. The molecule has 20 heavy (non-hydrogen) atoms. The average Bonchev–Trinajstić information content (AvgIpc) is 2.45. The second-order valence-corrected chi connectivity index (χ2v) is 5.77. The first-order valence-electron chi connectivity index (χ1n) is 6.26. The first-order chi connectivity index (χ1) is 9.46. The summed E-state index contributed by atoms with van der Waals surface area (Å²) in [7, 11) is -3.58. The van der Waals surface area contributed by atoms with Crippen LogP contribution in [0.5, 0.6) is 5.75 Å². The van der Waals surface area contributed by atoms with E-state index in [4.69, 9.17) is 16.3 Å². The van der Waals surface area contributed by atoms with Gasteiger partial charge >= 0.3 is 0 Å². The lowest BCUT2D eigenvalue weighted by Gasteiger charge is -2.12. The smallest absolute Gasteiger partial charge is 0.240 e. The fourth-order valence-electron chi connectivity index (χ4n) is 1.55. The van der Waals surface area contributed by atoms with E-state index >= 15 is 0 Å².